The van der Waals surface area contributed by atoms with Gasteiger partial charge in [-0.15, -0.1) is 0 Å². The van der Waals surface area contributed by atoms with Gasteiger partial charge in [0.25, 0.3) is 0 Å². The highest BCUT2D eigenvalue weighted by molar-refractivity contribution is 5.10. The summed E-state index contributed by atoms with van der Waals surface area (Å²) in [5.74, 6) is 1.48. The third-order valence-corrected chi connectivity index (χ3v) is 2.28. The minimum absolute atomic E-state index is 0.603. The zero-order valence-corrected chi connectivity index (χ0v) is 7.25. The van der Waals surface area contributed by atoms with Gasteiger partial charge in [-0.3, -0.25) is 0 Å². The molecule has 0 aromatic carbocycles. The highest BCUT2D eigenvalue weighted by Crippen LogP contribution is 2.19. The molecule has 64 valence electrons. The molecule has 3 nitrogen and oxygen atoms in total. The summed E-state index contributed by atoms with van der Waals surface area (Å²) in [7, 11) is 0. The van der Waals surface area contributed by atoms with Crippen molar-refractivity contribution in [3.8, 4) is 0 Å². The van der Waals surface area contributed by atoms with Gasteiger partial charge in [0, 0.05) is 24.4 Å². The Morgan fingerprint density at radius 3 is 3.17 bits per heavy atom. The second-order valence-corrected chi connectivity index (χ2v) is 3.22. The largest absolute Gasteiger partial charge is 0.316 e. The van der Waals surface area contributed by atoms with Gasteiger partial charge in [-0.2, -0.15) is 0 Å². The lowest BCUT2D eigenvalue weighted by molar-refractivity contribution is 0.724. The fraction of sp³-hybridized carbons (Fsp3) is 0.556. The third-order valence-electron chi connectivity index (χ3n) is 2.28. The molecule has 1 unspecified atom stereocenters. The number of aryl methyl sites for hydroxylation is 1. The molecule has 12 heavy (non-hydrogen) atoms. The lowest BCUT2D eigenvalue weighted by Crippen LogP contribution is -2.09. The first-order chi connectivity index (χ1) is 5.86. The summed E-state index contributed by atoms with van der Waals surface area (Å²) >= 11 is 0. The number of hydrogen-bond acceptors (Lipinski definition) is 3. The Balaban J connectivity index is 2.21. The van der Waals surface area contributed by atoms with Gasteiger partial charge in [0.1, 0.15) is 5.82 Å². The molecule has 1 aliphatic heterocycles. The Hall–Kier alpha value is -0.960. The molecule has 1 aromatic rings. The van der Waals surface area contributed by atoms with Crippen LogP contribution in [-0.2, 0) is 0 Å². The highest BCUT2D eigenvalue weighted by atomic mass is 14.9. The van der Waals surface area contributed by atoms with Crippen LogP contribution in [-0.4, -0.2) is 23.1 Å². The number of rotatable bonds is 1. The van der Waals surface area contributed by atoms with Gasteiger partial charge in [-0.1, -0.05) is 0 Å². The van der Waals surface area contributed by atoms with Crippen LogP contribution in [0.15, 0.2) is 12.3 Å². The quantitative estimate of drug-likeness (QED) is 0.667. The van der Waals surface area contributed by atoms with E-state index in [4.69, 9.17) is 0 Å². The van der Waals surface area contributed by atoms with Gasteiger partial charge >= 0.3 is 0 Å². The summed E-state index contributed by atoms with van der Waals surface area (Å²) in [6.07, 6.45) is 3.05. The summed E-state index contributed by atoms with van der Waals surface area (Å²) in [5.41, 5.74) is 1.19. The fourth-order valence-electron chi connectivity index (χ4n) is 1.61. The van der Waals surface area contributed by atoms with E-state index in [1.807, 2.05) is 19.2 Å². The maximum absolute atomic E-state index is 4.40. The van der Waals surface area contributed by atoms with Crippen molar-refractivity contribution in [1.82, 2.24) is 15.3 Å². The van der Waals surface area contributed by atoms with Crippen molar-refractivity contribution in [2.75, 3.05) is 13.1 Å². The molecule has 0 amide bonds. The molecule has 0 saturated carbocycles. The maximum Gasteiger partial charge on any atom is 0.125 e. The van der Waals surface area contributed by atoms with E-state index in [0.717, 1.165) is 18.9 Å². The van der Waals surface area contributed by atoms with E-state index in [9.17, 15) is 0 Å². The molecule has 0 radical (unpaired) electrons. The second-order valence-electron chi connectivity index (χ2n) is 3.22. The minimum Gasteiger partial charge on any atom is -0.316 e. The first-order valence-corrected chi connectivity index (χ1v) is 4.36. The van der Waals surface area contributed by atoms with E-state index in [0.29, 0.717) is 5.92 Å². The van der Waals surface area contributed by atoms with Gasteiger partial charge in [0.05, 0.1) is 0 Å². The van der Waals surface area contributed by atoms with Crippen molar-refractivity contribution < 1.29 is 0 Å². The van der Waals surface area contributed by atoms with Gasteiger partial charge in [-0.25, -0.2) is 9.97 Å². The van der Waals surface area contributed by atoms with Gasteiger partial charge in [0.15, 0.2) is 0 Å². The number of hydrogen-bond donors (Lipinski definition) is 1. The van der Waals surface area contributed by atoms with Crippen LogP contribution in [0.3, 0.4) is 0 Å². The summed E-state index contributed by atoms with van der Waals surface area (Å²) < 4.78 is 0. The predicted molar refractivity (Wildman–Crippen MR) is 47.0 cm³/mol. The Kier molecular flexibility index (Phi) is 2.04. The molecule has 1 N–H and O–H groups in total. The van der Waals surface area contributed by atoms with Crippen LogP contribution in [0.4, 0.5) is 0 Å². The molecule has 1 fully saturated rings. The molecule has 2 rings (SSSR count). The first-order valence-electron chi connectivity index (χ1n) is 4.36. The lowest BCUT2D eigenvalue weighted by atomic mass is 10.1. The minimum atomic E-state index is 0.603. The molecule has 1 atom stereocenters. The molecule has 2 heterocycles. The van der Waals surface area contributed by atoms with Crippen LogP contribution in [0.2, 0.25) is 0 Å². The summed E-state index contributed by atoms with van der Waals surface area (Å²) in [4.78, 5) is 8.48. The molecule has 0 aliphatic carbocycles. The summed E-state index contributed by atoms with van der Waals surface area (Å²) in [6, 6.07) is 2.02. The van der Waals surface area contributed by atoms with Crippen molar-refractivity contribution in [3.63, 3.8) is 0 Å². The summed E-state index contributed by atoms with van der Waals surface area (Å²) in [5, 5.41) is 3.33. The molecule has 1 aromatic heterocycles. The van der Waals surface area contributed by atoms with Crippen LogP contribution >= 0.6 is 0 Å². The van der Waals surface area contributed by atoms with Crippen LogP contribution in [0.5, 0.6) is 0 Å². The normalized spacial score (nSPS) is 22.9. The lowest BCUT2D eigenvalue weighted by Gasteiger charge is -2.06. The topological polar surface area (TPSA) is 37.8 Å². The number of aromatic nitrogens is 2. The maximum atomic E-state index is 4.40. The van der Waals surface area contributed by atoms with Crippen LogP contribution < -0.4 is 5.32 Å². The molecule has 0 spiro atoms. The van der Waals surface area contributed by atoms with Crippen LogP contribution in [0, 0.1) is 6.92 Å². The Labute approximate surface area is 72.2 Å². The monoisotopic (exact) mass is 163 g/mol. The van der Waals surface area contributed by atoms with Crippen molar-refractivity contribution in [2.45, 2.75) is 19.3 Å². The zero-order valence-electron chi connectivity index (χ0n) is 7.25. The summed E-state index contributed by atoms with van der Waals surface area (Å²) in [6.45, 7) is 4.12. The molecule has 3 heteroatoms. The Morgan fingerprint density at radius 1 is 1.58 bits per heavy atom. The van der Waals surface area contributed by atoms with E-state index in [1.54, 1.807) is 0 Å². The van der Waals surface area contributed by atoms with Crippen molar-refractivity contribution >= 4 is 0 Å². The van der Waals surface area contributed by atoms with Crippen LogP contribution in [0.25, 0.3) is 0 Å². The van der Waals surface area contributed by atoms with Crippen LogP contribution in [0.1, 0.15) is 23.9 Å². The van der Waals surface area contributed by atoms with Gasteiger partial charge in [0.2, 0.25) is 0 Å². The molecule has 1 saturated heterocycles. The van der Waals surface area contributed by atoms with E-state index >= 15 is 0 Å². The molecule has 1 aliphatic rings. The number of nitrogens with one attached hydrogen (secondary N) is 1. The van der Waals surface area contributed by atoms with E-state index in [-0.39, 0.29) is 0 Å². The highest BCUT2D eigenvalue weighted by Gasteiger charge is 2.17. The Morgan fingerprint density at radius 2 is 2.50 bits per heavy atom. The SMILES string of the molecule is Cc1nccc(C2CCNC2)n1. The van der Waals surface area contributed by atoms with E-state index < -0.39 is 0 Å². The predicted octanol–water partition coefficient (Wildman–Crippen LogP) is 0.862. The second kappa shape index (κ2) is 3.19. The third kappa shape index (κ3) is 1.46. The van der Waals surface area contributed by atoms with Crippen molar-refractivity contribution in [2.24, 2.45) is 0 Å². The zero-order chi connectivity index (χ0) is 8.39. The smallest absolute Gasteiger partial charge is 0.125 e. The first kappa shape index (κ1) is 7.68. The average Bonchev–Trinajstić information content (AvgIpc) is 2.56. The fourth-order valence-corrected chi connectivity index (χ4v) is 1.61. The Bertz CT molecular complexity index is 266. The standard InChI is InChI=1S/C9H13N3/c1-7-11-5-3-9(12-7)8-2-4-10-6-8/h3,5,8,10H,2,4,6H2,1H3. The van der Waals surface area contributed by atoms with Crippen molar-refractivity contribution in [1.29, 1.82) is 0 Å². The average molecular weight is 163 g/mol. The van der Waals surface area contributed by atoms with Gasteiger partial charge < -0.3 is 5.32 Å². The molecule has 0 bridgehead atoms. The van der Waals surface area contributed by atoms with Crippen molar-refractivity contribution in [3.05, 3.63) is 23.8 Å². The number of nitrogens with zero attached hydrogens (tertiary/aromatic N) is 2. The molecular formula is C9H13N3. The van der Waals surface area contributed by atoms with E-state index in [2.05, 4.69) is 15.3 Å². The van der Waals surface area contributed by atoms with Gasteiger partial charge in [-0.05, 0) is 26.0 Å². The van der Waals surface area contributed by atoms with E-state index in [1.165, 1.54) is 12.1 Å². The molecular weight excluding hydrogens is 150 g/mol.